The lowest BCUT2D eigenvalue weighted by atomic mass is 10.0. The first-order valence-electron chi connectivity index (χ1n) is 28.5. The minimum Gasteiger partial charge on any atom is -0.387 e. The number of hydrogen-bond acceptors (Lipinski definition) is 5. The molecule has 0 aromatic carbocycles. The van der Waals surface area contributed by atoms with Crippen molar-refractivity contribution in [3.05, 3.63) is 48.6 Å². The van der Waals surface area contributed by atoms with Crippen molar-refractivity contribution in [3.63, 3.8) is 0 Å². The summed E-state index contributed by atoms with van der Waals surface area (Å²) in [6.45, 7) is 4.75. The van der Waals surface area contributed by atoms with E-state index in [1.54, 1.807) is 6.08 Å². The molecule has 9 heteroatoms. The SMILES string of the molecule is CCCC/C=C/CC/C=C/CC/C=C/C(O)C(COP(=O)(O)OCC[N+](C)(C)C)NC(=O)CCCCCCCCCCCCCCCCCCCCCCC/C=C\CCCCCCCCCC. The van der Waals surface area contributed by atoms with Crippen molar-refractivity contribution in [2.45, 2.75) is 276 Å². The van der Waals surface area contributed by atoms with Gasteiger partial charge >= 0.3 is 7.82 Å². The number of nitrogens with zero attached hydrogens (tertiary/aromatic N) is 1. The van der Waals surface area contributed by atoms with E-state index in [1.165, 1.54) is 193 Å². The summed E-state index contributed by atoms with van der Waals surface area (Å²) in [6, 6.07) is -0.868. The highest BCUT2D eigenvalue weighted by atomic mass is 31.2. The molecule has 0 saturated heterocycles. The second-order valence-corrected chi connectivity index (χ2v) is 22.1. The Balaban J connectivity index is 3.99. The zero-order chi connectivity index (χ0) is 49.2. The molecule has 3 N–H and O–H groups in total. The van der Waals surface area contributed by atoms with Gasteiger partial charge in [0.25, 0.3) is 0 Å². The normalized spacial score (nSPS) is 14.3. The van der Waals surface area contributed by atoms with Gasteiger partial charge in [-0.2, -0.15) is 0 Å². The fraction of sp³-hybridized carbons (Fsp3) is 0.845. The van der Waals surface area contributed by atoms with Gasteiger partial charge in [-0.05, 0) is 64.2 Å². The van der Waals surface area contributed by atoms with Crippen LogP contribution in [0.2, 0.25) is 0 Å². The van der Waals surface area contributed by atoms with Crippen molar-refractivity contribution in [2.75, 3.05) is 40.9 Å². The van der Waals surface area contributed by atoms with Gasteiger partial charge in [0, 0.05) is 6.42 Å². The minimum atomic E-state index is -4.35. The lowest BCUT2D eigenvalue weighted by Crippen LogP contribution is -2.45. The van der Waals surface area contributed by atoms with Crippen LogP contribution in [0.3, 0.4) is 0 Å². The molecule has 0 bridgehead atoms. The summed E-state index contributed by atoms with van der Waals surface area (Å²) in [4.78, 5) is 23.2. The Hall–Kier alpha value is -1.54. The first-order valence-corrected chi connectivity index (χ1v) is 30.0. The molecule has 0 heterocycles. The Morgan fingerprint density at radius 2 is 0.836 bits per heavy atom. The fourth-order valence-corrected chi connectivity index (χ4v) is 8.97. The fourth-order valence-electron chi connectivity index (χ4n) is 8.23. The first-order chi connectivity index (χ1) is 32.5. The van der Waals surface area contributed by atoms with Crippen molar-refractivity contribution in [1.82, 2.24) is 5.32 Å². The van der Waals surface area contributed by atoms with Crippen LogP contribution in [0, 0.1) is 0 Å². The van der Waals surface area contributed by atoms with E-state index < -0.39 is 20.0 Å². The van der Waals surface area contributed by atoms with E-state index in [0.717, 1.165) is 51.4 Å². The Bertz CT molecular complexity index is 1230. The van der Waals surface area contributed by atoms with Crippen molar-refractivity contribution < 1.29 is 32.9 Å². The molecule has 0 aliphatic carbocycles. The van der Waals surface area contributed by atoms with Crippen LogP contribution in [0.1, 0.15) is 264 Å². The Kier molecular flexibility index (Phi) is 48.3. The number of phosphoric acid groups is 1. The molecule has 0 saturated carbocycles. The summed E-state index contributed by atoms with van der Waals surface area (Å²) >= 11 is 0. The molecular weight excluding hydrogens is 852 g/mol. The third-order valence-corrected chi connectivity index (χ3v) is 13.7. The molecule has 0 fully saturated rings. The van der Waals surface area contributed by atoms with Crippen molar-refractivity contribution in [2.24, 2.45) is 0 Å². The zero-order valence-corrected chi connectivity index (χ0v) is 45.8. The number of quaternary nitrogens is 1. The van der Waals surface area contributed by atoms with Gasteiger partial charge in [-0.1, -0.05) is 242 Å². The van der Waals surface area contributed by atoms with Gasteiger partial charge in [-0.3, -0.25) is 13.8 Å². The second-order valence-electron chi connectivity index (χ2n) is 20.6. The van der Waals surface area contributed by atoms with E-state index in [1.807, 2.05) is 27.2 Å². The summed E-state index contributed by atoms with van der Waals surface area (Å²) < 4.78 is 23.6. The topological polar surface area (TPSA) is 105 Å². The highest BCUT2D eigenvalue weighted by Crippen LogP contribution is 2.43. The van der Waals surface area contributed by atoms with Crippen LogP contribution >= 0.6 is 7.82 Å². The number of aliphatic hydroxyl groups excluding tert-OH is 1. The molecule has 1 amide bonds. The monoisotopic (exact) mass is 964 g/mol. The van der Waals surface area contributed by atoms with Crippen LogP contribution < -0.4 is 5.32 Å². The van der Waals surface area contributed by atoms with Crippen LogP contribution in [0.25, 0.3) is 0 Å². The molecule has 0 rings (SSSR count). The van der Waals surface area contributed by atoms with Gasteiger partial charge in [0.05, 0.1) is 39.9 Å². The lowest BCUT2D eigenvalue weighted by Gasteiger charge is -2.25. The number of carbonyl (C=O) groups is 1. The van der Waals surface area contributed by atoms with Gasteiger partial charge in [-0.25, -0.2) is 4.57 Å². The van der Waals surface area contributed by atoms with Crippen molar-refractivity contribution in [3.8, 4) is 0 Å². The molecule has 3 unspecified atom stereocenters. The Morgan fingerprint density at radius 3 is 1.24 bits per heavy atom. The van der Waals surface area contributed by atoms with E-state index in [0.29, 0.717) is 17.4 Å². The number of aliphatic hydroxyl groups is 1. The molecule has 0 aromatic rings. The van der Waals surface area contributed by atoms with Crippen molar-refractivity contribution >= 4 is 13.7 Å². The Morgan fingerprint density at radius 1 is 0.493 bits per heavy atom. The number of unbranched alkanes of at least 4 members (excludes halogenated alkanes) is 33. The van der Waals surface area contributed by atoms with Crippen LogP contribution in [0.15, 0.2) is 48.6 Å². The van der Waals surface area contributed by atoms with Crippen LogP contribution in [-0.4, -0.2) is 73.4 Å². The van der Waals surface area contributed by atoms with Crippen LogP contribution in [-0.2, 0) is 18.4 Å². The average molecular weight is 965 g/mol. The number of allylic oxidation sites excluding steroid dienone is 7. The third-order valence-electron chi connectivity index (χ3n) is 12.7. The van der Waals surface area contributed by atoms with Gasteiger partial charge in [-0.15, -0.1) is 0 Å². The van der Waals surface area contributed by atoms with Gasteiger partial charge in [0.1, 0.15) is 13.2 Å². The van der Waals surface area contributed by atoms with Gasteiger partial charge in [0.15, 0.2) is 0 Å². The number of phosphoric ester groups is 1. The number of rotatable bonds is 52. The Labute approximate surface area is 416 Å². The number of nitrogens with one attached hydrogen (secondary N) is 1. The maximum absolute atomic E-state index is 12.9. The highest BCUT2D eigenvalue weighted by Gasteiger charge is 2.27. The molecule has 0 aliphatic rings. The third kappa shape index (κ3) is 52.1. The van der Waals surface area contributed by atoms with Crippen molar-refractivity contribution in [1.29, 1.82) is 0 Å². The molecule has 0 radical (unpaired) electrons. The van der Waals surface area contributed by atoms with Crippen LogP contribution in [0.4, 0.5) is 0 Å². The van der Waals surface area contributed by atoms with E-state index in [2.05, 4.69) is 55.6 Å². The van der Waals surface area contributed by atoms with Gasteiger partial charge in [0.2, 0.25) is 5.91 Å². The largest absolute Gasteiger partial charge is 0.472 e. The molecule has 0 spiro atoms. The maximum Gasteiger partial charge on any atom is 0.472 e. The second kappa shape index (κ2) is 49.4. The van der Waals surface area contributed by atoms with E-state index >= 15 is 0 Å². The average Bonchev–Trinajstić information content (AvgIpc) is 3.29. The summed E-state index contributed by atoms with van der Waals surface area (Å²) in [5.74, 6) is -0.189. The highest BCUT2D eigenvalue weighted by molar-refractivity contribution is 7.47. The number of amides is 1. The number of likely N-dealkylation sites (N-methyl/N-ethyl adjacent to an activating group) is 1. The summed E-state index contributed by atoms with van der Waals surface area (Å²) in [5.41, 5.74) is 0. The zero-order valence-electron chi connectivity index (χ0n) is 44.9. The molecule has 394 valence electrons. The number of carbonyl (C=O) groups excluding carboxylic acids is 1. The summed E-state index contributed by atoms with van der Waals surface area (Å²) in [5, 5.41) is 13.8. The first kappa shape index (κ1) is 65.5. The smallest absolute Gasteiger partial charge is 0.387 e. The van der Waals surface area contributed by atoms with E-state index in [4.69, 9.17) is 9.05 Å². The predicted molar refractivity (Wildman–Crippen MR) is 291 cm³/mol. The lowest BCUT2D eigenvalue weighted by molar-refractivity contribution is -0.870. The summed E-state index contributed by atoms with van der Waals surface area (Å²) in [6.07, 6.45) is 65.3. The number of hydrogen-bond donors (Lipinski definition) is 3. The molecule has 3 atom stereocenters. The molecule has 0 aromatic heterocycles. The van der Waals surface area contributed by atoms with Crippen LogP contribution in [0.5, 0.6) is 0 Å². The molecule has 0 aliphatic heterocycles. The van der Waals surface area contributed by atoms with Gasteiger partial charge < -0.3 is 19.8 Å². The molecule has 67 heavy (non-hydrogen) atoms. The molecular formula is C58H112N2O6P+. The maximum atomic E-state index is 12.9. The standard InChI is InChI=1S/C58H111N2O6P/c1-6-8-10-12-14-16-18-20-21-22-23-24-25-26-27-28-29-30-31-32-33-34-35-36-37-38-39-40-42-44-46-48-50-52-58(62)59-56(55-66-67(63,64)65-54-53-60(3,4)5)57(61)51-49-47-45-43-41-19-17-15-13-11-9-7-2/h13,15,22-23,41,43,49,51,56-57,61H,6-12,14,16-21,24-40,42,44-48,50,52-55H2,1-5H3,(H-,59,62,63,64)/p+1/b15-13+,23-22-,43-41+,51-49+. The van der Waals surface area contributed by atoms with E-state index in [-0.39, 0.29) is 19.1 Å². The van der Waals surface area contributed by atoms with E-state index in [9.17, 15) is 19.4 Å². The summed E-state index contributed by atoms with van der Waals surface area (Å²) in [7, 11) is 1.55. The minimum absolute atomic E-state index is 0.0538. The predicted octanol–water partition coefficient (Wildman–Crippen LogP) is 17.2. The quantitative estimate of drug-likeness (QED) is 0.0243. The molecule has 8 nitrogen and oxygen atoms in total.